The summed E-state index contributed by atoms with van der Waals surface area (Å²) in [5, 5.41) is 14.3. The third-order valence-corrected chi connectivity index (χ3v) is 4.40. The van der Waals surface area contributed by atoms with E-state index in [1.807, 2.05) is 31.2 Å². The summed E-state index contributed by atoms with van der Waals surface area (Å²) in [7, 11) is 0. The van der Waals surface area contributed by atoms with Gasteiger partial charge in [-0.15, -0.1) is 0 Å². The van der Waals surface area contributed by atoms with E-state index in [4.69, 9.17) is 5.11 Å². The van der Waals surface area contributed by atoms with Crippen LogP contribution in [-0.2, 0) is 0 Å². The van der Waals surface area contributed by atoms with Crippen LogP contribution in [0.2, 0.25) is 0 Å². The number of amides is 1. The number of hydrogen-bond donors (Lipinski definition) is 3. The molecule has 4 nitrogen and oxygen atoms in total. The van der Waals surface area contributed by atoms with Gasteiger partial charge in [0.25, 0.3) is 0 Å². The molecule has 0 unspecified atom stereocenters. The molecule has 6 heteroatoms. The number of carboxylic acid groups (broad SMARTS) is 1. The molecular formula is C20H16BrFN2O2. The Morgan fingerprint density at radius 2 is 1.77 bits per heavy atom. The zero-order valence-corrected chi connectivity index (χ0v) is 15.5. The molecule has 0 aliphatic rings. The van der Waals surface area contributed by atoms with Gasteiger partial charge in [-0.2, -0.15) is 0 Å². The Kier molecular flexibility index (Phi) is 5.23. The van der Waals surface area contributed by atoms with Crippen LogP contribution >= 0.6 is 15.9 Å². The lowest BCUT2D eigenvalue weighted by Crippen LogP contribution is -2.09. The second-order valence-electron chi connectivity index (χ2n) is 5.75. The number of halogens is 2. The number of aryl methyl sites for hydroxylation is 1. The van der Waals surface area contributed by atoms with Crippen LogP contribution in [0.5, 0.6) is 0 Å². The predicted molar refractivity (Wildman–Crippen MR) is 106 cm³/mol. The second kappa shape index (κ2) is 7.58. The van der Waals surface area contributed by atoms with Crippen LogP contribution in [0.1, 0.15) is 5.56 Å². The topological polar surface area (TPSA) is 61.4 Å². The molecule has 0 aliphatic carbocycles. The molecule has 0 atom stereocenters. The number of nitrogens with one attached hydrogen (secondary N) is 2. The van der Waals surface area contributed by atoms with Gasteiger partial charge in [0.05, 0.1) is 11.4 Å². The third-order valence-electron chi connectivity index (χ3n) is 3.91. The molecule has 1 amide bonds. The molecule has 132 valence electrons. The van der Waals surface area contributed by atoms with Gasteiger partial charge >= 0.3 is 6.09 Å². The van der Waals surface area contributed by atoms with E-state index in [9.17, 15) is 9.18 Å². The van der Waals surface area contributed by atoms with Gasteiger partial charge < -0.3 is 10.4 Å². The Labute approximate surface area is 158 Å². The first-order chi connectivity index (χ1) is 12.4. The summed E-state index contributed by atoms with van der Waals surface area (Å²) in [5.74, 6) is -0.353. The lowest BCUT2D eigenvalue weighted by molar-refractivity contribution is 0.210. The summed E-state index contributed by atoms with van der Waals surface area (Å²) in [6, 6.07) is 17.6. The third kappa shape index (κ3) is 4.03. The van der Waals surface area contributed by atoms with Gasteiger partial charge in [-0.05, 0) is 54.4 Å². The van der Waals surface area contributed by atoms with Crippen LogP contribution in [0.3, 0.4) is 0 Å². The maximum absolute atomic E-state index is 14.6. The van der Waals surface area contributed by atoms with Crippen LogP contribution < -0.4 is 10.6 Å². The molecule has 0 aliphatic heterocycles. The van der Waals surface area contributed by atoms with Crippen molar-refractivity contribution in [2.45, 2.75) is 6.92 Å². The summed E-state index contributed by atoms with van der Waals surface area (Å²) in [6.45, 7) is 1.94. The van der Waals surface area contributed by atoms with Gasteiger partial charge in [-0.1, -0.05) is 40.2 Å². The van der Waals surface area contributed by atoms with Crippen LogP contribution in [0.15, 0.2) is 65.1 Å². The highest BCUT2D eigenvalue weighted by atomic mass is 79.9. The molecule has 3 N–H and O–H groups in total. The highest BCUT2D eigenvalue weighted by molar-refractivity contribution is 9.10. The molecule has 0 fully saturated rings. The van der Waals surface area contributed by atoms with Gasteiger partial charge in [0.1, 0.15) is 5.82 Å². The molecule has 3 aromatic rings. The highest BCUT2D eigenvalue weighted by Crippen LogP contribution is 2.32. The monoisotopic (exact) mass is 414 g/mol. The van der Waals surface area contributed by atoms with E-state index in [1.165, 1.54) is 6.07 Å². The van der Waals surface area contributed by atoms with E-state index in [0.29, 0.717) is 22.6 Å². The summed E-state index contributed by atoms with van der Waals surface area (Å²) in [4.78, 5) is 11.0. The predicted octanol–water partition coefficient (Wildman–Crippen LogP) is 6.40. The Balaban J connectivity index is 1.92. The Hall–Kier alpha value is -2.86. The number of benzene rings is 3. The van der Waals surface area contributed by atoms with Crippen molar-refractivity contribution in [3.05, 3.63) is 76.5 Å². The van der Waals surface area contributed by atoms with Gasteiger partial charge in [0.15, 0.2) is 0 Å². The van der Waals surface area contributed by atoms with Crippen LogP contribution in [0.25, 0.3) is 11.1 Å². The summed E-state index contributed by atoms with van der Waals surface area (Å²) >= 11 is 3.30. The molecule has 0 bridgehead atoms. The Morgan fingerprint density at radius 1 is 1.00 bits per heavy atom. The van der Waals surface area contributed by atoms with E-state index in [1.54, 1.807) is 30.3 Å². The second-order valence-corrected chi connectivity index (χ2v) is 6.67. The summed E-state index contributed by atoms with van der Waals surface area (Å²) in [6.07, 6.45) is -1.17. The fraction of sp³-hybridized carbons (Fsp3) is 0.0500. The number of hydrogen-bond acceptors (Lipinski definition) is 2. The first-order valence-electron chi connectivity index (χ1n) is 7.86. The maximum atomic E-state index is 14.6. The van der Waals surface area contributed by atoms with Crippen LogP contribution in [0, 0.1) is 12.7 Å². The van der Waals surface area contributed by atoms with E-state index >= 15 is 0 Å². The van der Waals surface area contributed by atoms with Crippen molar-refractivity contribution in [3.63, 3.8) is 0 Å². The van der Waals surface area contributed by atoms with Crippen molar-refractivity contribution in [2.75, 3.05) is 10.6 Å². The first kappa shape index (κ1) is 17.9. The van der Waals surface area contributed by atoms with Crippen molar-refractivity contribution in [3.8, 4) is 11.1 Å². The van der Waals surface area contributed by atoms with Crippen molar-refractivity contribution in [2.24, 2.45) is 0 Å². The fourth-order valence-electron chi connectivity index (χ4n) is 2.69. The van der Waals surface area contributed by atoms with Gasteiger partial charge in [0.2, 0.25) is 0 Å². The van der Waals surface area contributed by atoms with E-state index in [0.717, 1.165) is 15.6 Å². The van der Waals surface area contributed by atoms with Crippen LogP contribution in [-0.4, -0.2) is 11.2 Å². The molecule has 3 rings (SSSR count). The molecule has 0 aromatic heterocycles. The highest BCUT2D eigenvalue weighted by Gasteiger charge is 2.11. The largest absolute Gasteiger partial charge is 0.465 e. The molecule has 0 saturated carbocycles. The normalized spacial score (nSPS) is 10.4. The average molecular weight is 415 g/mol. The van der Waals surface area contributed by atoms with Gasteiger partial charge in [-0.3, -0.25) is 5.32 Å². The van der Waals surface area contributed by atoms with Crippen molar-refractivity contribution >= 4 is 39.1 Å². The maximum Gasteiger partial charge on any atom is 0.409 e. The fourth-order valence-corrected chi connectivity index (χ4v) is 3.05. The molecule has 3 aromatic carbocycles. The van der Waals surface area contributed by atoms with E-state index in [-0.39, 0.29) is 5.82 Å². The van der Waals surface area contributed by atoms with Crippen molar-refractivity contribution in [1.82, 2.24) is 0 Å². The van der Waals surface area contributed by atoms with Gasteiger partial charge in [-0.25, -0.2) is 9.18 Å². The van der Waals surface area contributed by atoms with Crippen LogP contribution in [0.4, 0.5) is 26.2 Å². The Morgan fingerprint density at radius 3 is 2.46 bits per heavy atom. The number of anilines is 3. The zero-order chi connectivity index (χ0) is 18.7. The molecule has 0 spiro atoms. The molecular weight excluding hydrogens is 399 g/mol. The quantitative estimate of drug-likeness (QED) is 0.462. The standard InChI is InChI=1S/C20H16BrFN2O2/c1-12-4-2-3-5-15(12)16-8-7-14(11-17(16)22)23-18-9-6-13(21)10-19(18)24-20(25)26/h2-11,23-24H,1H3,(H,25,26). The minimum absolute atomic E-state index is 0.353. The SMILES string of the molecule is Cc1ccccc1-c1ccc(Nc2ccc(Br)cc2NC(=O)O)cc1F. The average Bonchev–Trinajstić information content (AvgIpc) is 2.58. The molecule has 0 radical (unpaired) electrons. The van der Waals surface area contributed by atoms with Crippen molar-refractivity contribution < 1.29 is 14.3 Å². The minimum Gasteiger partial charge on any atom is -0.465 e. The Bertz CT molecular complexity index is 976. The molecule has 0 saturated heterocycles. The number of carbonyl (C=O) groups is 1. The smallest absolute Gasteiger partial charge is 0.409 e. The molecule has 0 heterocycles. The first-order valence-corrected chi connectivity index (χ1v) is 8.65. The van der Waals surface area contributed by atoms with Crippen molar-refractivity contribution in [1.29, 1.82) is 0 Å². The lowest BCUT2D eigenvalue weighted by atomic mass is 10.00. The summed E-state index contributed by atoms with van der Waals surface area (Å²) in [5.41, 5.74) is 3.78. The zero-order valence-electron chi connectivity index (χ0n) is 13.9. The van der Waals surface area contributed by atoms with Gasteiger partial charge in [0, 0.05) is 15.7 Å². The van der Waals surface area contributed by atoms with E-state index < -0.39 is 6.09 Å². The lowest BCUT2D eigenvalue weighted by Gasteiger charge is -2.14. The number of rotatable bonds is 4. The summed E-state index contributed by atoms with van der Waals surface area (Å²) < 4.78 is 15.4. The minimum atomic E-state index is -1.17. The molecule has 26 heavy (non-hydrogen) atoms. The van der Waals surface area contributed by atoms with E-state index in [2.05, 4.69) is 26.6 Å².